The molecule has 1 saturated heterocycles. The Bertz CT molecular complexity index is 397. The highest BCUT2D eigenvalue weighted by molar-refractivity contribution is 6.38. The summed E-state index contributed by atoms with van der Waals surface area (Å²) in [5.74, 6) is -0.637. The Morgan fingerprint density at radius 2 is 1.67 bits per heavy atom. The van der Waals surface area contributed by atoms with Crippen LogP contribution < -0.4 is 4.90 Å². The van der Waals surface area contributed by atoms with Crippen molar-refractivity contribution < 1.29 is 14.3 Å². The smallest absolute Gasteiger partial charge is 0.275 e. The van der Waals surface area contributed by atoms with Crippen molar-refractivity contribution in [1.29, 1.82) is 0 Å². The molecule has 1 aliphatic rings. The number of carbonyl (C=O) groups excluding carboxylic acids is 2. The predicted octanol–water partition coefficient (Wildman–Crippen LogP) is 0.965. The van der Waals surface area contributed by atoms with Gasteiger partial charge in [0, 0.05) is 7.11 Å². The van der Waals surface area contributed by atoms with Crippen LogP contribution in [0.1, 0.15) is 6.92 Å². The van der Waals surface area contributed by atoms with Crippen molar-refractivity contribution in [2.75, 3.05) is 12.0 Å². The van der Waals surface area contributed by atoms with Crippen LogP contribution in [0.25, 0.3) is 0 Å². The Kier molecular flexibility index (Phi) is 2.08. The molecule has 1 aromatic rings. The Morgan fingerprint density at radius 1 is 1.13 bits per heavy atom. The molecule has 2 rings (SSSR count). The lowest BCUT2D eigenvalue weighted by atomic mass is 9.92. The van der Waals surface area contributed by atoms with E-state index in [1.165, 1.54) is 14.0 Å². The third-order valence-corrected chi connectivity index (χ3v) is 2.65. The van der Waals surface area contributed by atoms with Gasteiger partial charge in [-0.2, -0.15) is 0 Å². The minimum absolute atomic E-state index is 0.318. The first-order valence-corrected chi connectivity index (χ1v) is 4.60. The number of carbonyl (C=O) groups is 2. The summed E-state index contributed by atoms with van der Waals surface area (Å²) in [7, 11) is 1.36. The average Bonchev–Trinajstić information content (AvgIpc) is 2.29. The van der Waals surface area contributed by atoms with E-state index in [1.54, 1.807) is 24.3 Å². The Labute approximate surface area is 87.4 Å². The van der Waals surface area contributed by atoms with Gasteiger partial charge in [0.2, 0.25) is 5.60 Å². The summed E-state index contributed by atoms with van der Waals surface area (Å²) >= 11 is 0. The van der Waals surface area contributed by atoms with E-state index in [-0.39, 0.29) is 11.8 Å². The van der Waals surface area contributed by atoms with Crippen molar-refractivity contribution in [1.82, 2.24) is 0 Å². The number of rotatable bonds is 2. The first-order valence-electron chi connectivity index (χ1n) is 4.60. The van der Waals surface area contributed by atoms with E-state index in [9.17, 15) is 9.59 Å². The SMILES string of the molecule is COC1(C)C(=O)N(c2ccccc2)C1=O. The first kappa shape index (κ1) is 9.86. The monoisotopic (exact) mass is 205 g/mol. The van der Waals surface area contributed by atoms with Crippen LogP contribution in [-0.4, -0.2) is 24.5 Å². The third-order valence-electron chi connectivity index (χ3n) is 2.65. The molecule has 0 saturated carbocycles. The lowest BCUT2D eigenvalue weighted by Crippen LogP contribution is -2.71. The average molecular weight is 205 g/mol. The molecule has 0 bridgehead atoms. The Balaban J connectivity index is 2.31. The van der Waals surface area contributed by atoms with E-state index in [2.05, 4.69) is 0 Å². The van der Waals surface area contributed by atoms with E-state index < -0.39 is 5.60 Å². The van der Waals surface area contributed by atoms with Crippen molar-refractivity contribution in [2.24, 2.45) is 0 Å². The maximum Gasteiger partial charge on any atom is 0.275 e. The van der Waals surface area contributed by atoms with Gasteiger partial charge in [0.25, 0.3) is 11.8 Å². The number of nitrogens with zero attached hydrogens (tertiary/aromatic N) is 1. The molecule has 78 valence electrons. The second kappa shape index (κ2) is 3.17. The summed E-state index contributed by atoms with van der Waals surface area (Å²) in [5, 5.41) is 0. The molecule has 4 nitrogen and oxygen atoms in total. The fraction of sp³-hybridized carbons (Fsp3) is 0.273. The highest BCUT2D eigenvalue weighted by atomic mass is 16.5. The molecule has 0 unspecified atom stereocenters. The molecular weight excluding hydrogens is 194 g/mol. The van der Waals surface area contributed by atoms with Crippen LogP contribution in [0, 0.1) is 0 Å². The quantitative estimate of drug-likeness (QED) is 0.533. The van der Waals surface area contributed by atoms with Crippen LogP contribution in [0.4, 0.5) is 5.69 Å². The summed E-state index contributed by atoms with van der Waals surface area (Å²) < 4.78 is 4.91. The van der Waals surface area contributed by atoms with Crippen LogP contribution in [-0.2, 0) is 14.3 Å². The first-order chi connectivity index (χ1) is 7.11. The zero-order valence-corrected chi connectivity index (χ0v) is 8.56. The molecule has 15 heavy (non-hydrogen) atoms. The van der Waals surface area contributed by atoms with Gasteiger partial charge in [-0.05, 0) is 19.1 Å². The molecule has 0 spiro atoms. The maximum absolute atomic E-state index is 11.7. The molecule has 0 aliphatic carbocycles. The standard InChI is InChI=1S/C11H11NO3/c1-11(15-2)9(13)12(10(11)14)8-6-4-3-5-7-8/h3-7H,1-2H3. The number of hydrogen-bond donors (Lipinski definition) is 0. The largest absolute Gasteiger partial charge is 0.360 e. The normalized spacial score (nSPS) is 18.9. The van der Waals surface area contributed by atoms with Crippen molar-refractivity contribution in [3.8, 4) is 0 Å². The summed E-state index contributed by atoms with van der Waals surface area (Å²) in [6, 6.07) is 8.81. The maximum atomic E-state index is 11.7. The van der Waals surface area contributed by atoms with E-state index in [0.717, 1.165) is 4.90 Å². The van der Waals surface area contributed by atoms with Gasteiger partial charge < -0.3 is 4.74 Å². The van der Waals surface area contributed by atoms with Crippen molar-refractivity contribution in [3.63, 3.8) is 0 Å². The van der Waals surface area contributed by atoms with Gasteiger partial charge in [0.05, 0.1) is 5.69 Å². The van der Waals surface area contributed by atoms with Gasteiger partial charge in [-0.25, -0.2) is 4.90 Å². The number of para-hydroxylation sites is 1. The van der Waals surface area contributed by atoms with Crippen LogP contribution in [0.3, 0.4) is 0 Å². The number of ether oxygens (including phenoxy) is 1. The lowest BCUT2D eigenvalue weighted by molar-refractivity contribution is -0.164. The summed E-state index contributed by atoms with van der Waals surface area (Å²) in [6.45, 7) is 1.48. The van der Waals surface area contributed by atoms with Gasteiger partial charge >= 0.3 is 0 Å². The second-order valence-corrected chi connectivity index (χ2v) is 3.52. The highest BCUT2D eigenvalue weighted by Crippen LogP contribution is 2.32. The number of benzene rings is 1. The topological polar surface area (TPSA) is 46.6 Å². The number of amides is 2. The van der Waals surface area contributed by atoms with Crippen LogP contribution >= 0.6 is 0 Å². The Morgan fingerprint density at radius 3 is 2.13 bits per heavy atom. The van der Waals surface area contributed by atoms with Gasteiger partial charge in [0.1, 0.15) is 0 Å². The molecule has 4 heteroatoms. The molecule has 2 amide bonds. The molecule has 0 N–H and O–H groups in total. The van der Waals surface area contributed by atoms with Crippen LogP contribution in [0.2, 0.25) is 0 Å². The van der Waals surface area contributed by atoms with E-state index in [4.69, 9.17) is 4.74 Å². The van der Waals surface area contributed by atoms with E-state index in [1.807, 2.05) is 6.07 Å². The molecule has 1 aromatic carbocycles. The van der Waals surface area contributed by atoms with Gasteiger partial charge in [0.15, 0.2) is 0 Å². The zero-order chi connectivity index (χ0) is 11.1. The predicted molar refractivity (Wildman–Crippen MR) is 54.3 cm³/mol. The highest BCUT2D eigenvalue weighted by Gasteiger charge is 2.59. The third kappa shape index (κ3) is 1.18. The fourth-order valence-electron chi connectivity index (χ4n) is 1.54. The second-order valence-electron chi connectivity index (χ2n) is 3.52. The molecule has 1 fully saturated rings. The van der Waals surface area contributed by atoms with Crippen LogP contribution in [0.5, 0.6) is 0 Å². The van der Waals surface area contributed by atoms with Gasteiger partial charge in [-0.1, -0.05) is 18.2 Å². The minimum atomic E-state index is -1.30. The molecule has 1 aliphatic heterocycles. The number of hydrogen-bond acceptors (Lipinski definition) is 3. The van der Waals surface area contributed by atoms with Crippen molar-refractivity contribution in [2.45, 2.75) is 12.5 Å². The fourth-order valence-corrected chi connectivity index (χ4v) is 1.54. The molecular formula is C11H11NO3. The molecule has 0 radical (unpaired) electrons. The number of methoxy groups -OCH3 is 1. The zero-order valence-electron chi connectivity index (χ0n) is 8.56. The van der Waals surface area contributed by atoms with Crippen LogP contribution in [0.15, 0.2) is 30.3 Å². The lowest BCUT2D eigenvalue weighted by Gasteiger charge is -2.42. The molecule has 0 aromatic heterocycles. The number of β-lactam (4-membered cyclic amide) rings is 2. The molecule has 1 heterocycles. The summed E-state index contributed by atoms with van der Waals surface area (Å²) in [5.41, 5.74) is -0.711. The van der Waals surface area contributed by atoms with E-state index in [0.29, 0.717) is 5.69 Å². The number of anilines is 1. The minimum Gasteiger partial charge on any atom is -0.360 e. The number of imide groups is 1. The Hall–Kier alpha value is -1.68. The van der Waals surface area contributed by atoms with Gasteiger partial charge in [-0.15, -0.1) is 0 Å². The van der Waals surface area contributed by atoms with Crippen molar-refractivity contribution in [3.05, 3.63) is 30.3 Å². The summed E-state index contributed by atoms with van der Waals surface area (Å²) in [6.07, 6.45) is 0. The molecule has 0 atom stereocenters. The van der Waals surface area contributed by atoms with Gasteiger partial charge in [-0.3, -0.25) is 9.59 Å². The summed E-state index contributed by atoms with van der Waals surface area (Å²) in [4.78, 5) is 24.5. The van der Waals surface area contributed by atoms with Crippen molar-refractivity contribution >= 4 is 17.5 Å². The van der Waals surface area contributed by atoms with E-state index >= 15 is 0 Å².